The van der Waals surface area contributed by atoms with Gasteiger partial charge in [0.05, 0.1) is 0 Å². The molecular formula is C16H32N4. The van der Waals surface area contributed by atoms with Crippen LogP contribution in [-0.4, -0.2) is 55.0 Å². The van der Waals surface area contributed by atoms with Gasteiger partial charge >= 0.3 is 0 Å². The van der Waals surface area contributed by atoms with Crippen molar-refractivity contribution in [3.8, 4) is 0 Å². The standard InChI is InChI=1S/C16H32N4/c1-15(14-19-9-5-4-6-10-19)13-18-16(17)20-11-7-2-3-8-12-20/h15H,2-14H2,1H3,(H2,17,18). The Bertz CT molecular complexity index is 289. The van der Waals surface area contributed by atoms with Crippen LogP contribution in [0.5, 0.6) is 0 Å². The van der Waals surface area contributed by atoms with E-state index in [4.69, 9.17) is 5.73 Å². The van der Waals surface area contributed by atoms with Crippen molar-refractivity contribution in [2.24, 2.45) is 16.6 Å². The summed E-state index contributed by atoms with van der Waals surface area (Å²) in [4.78, 5) is 9.52. The van der Waals surface area contributed by atoms with Crippen LogP contribution in [0.1, 0.15) is 51.9 Å². The molecule has 4 heteroatoms. The molecule has 4 nitrogen and oxygen atoms in total. The first-order chi connectivity index (χ1) is 9.75. The van der Waals surface area contributed by atoms with Gasteiger partial charge in [0.25, 0.3) is 0 Å². The van der Waals surface area contributed by atoms with E-state index in [0.717, 1.165) is 25.6 Å². The summed E-state index contributed by atoms with van der Waals surface area (Å²) in [7, 11) is 0. The van der Waals surface area contributed by atoms with E-state index in [0.29, 0.717) is 5.92 Å². The molecule has 0 radical (unpaired) electrons. The normalized spacial score (nSPS) is 24.4. The molecule has 2 heterocycles. The molecule has 0 aromatic heterocycles. The molecular weight excluding hydrogens is 248 g/mol. The third-order valence-electron chi connectivity index (χ3n) is 4.51. The van der Waals surface area contributed by atoms with Crippen LogP contribution in [0, 0.1) is 5.92 Å². The summed E-state index contributed by atoms with van der Waals surface area (Å²) in [6.07, 6.45) is 9.35. The number of hydrogen-bond acceptors (Lipinski definition) is 2. The van der Waals surface area contributed by atoms with Gasteiger partial charge in [0.2, 0.25) is 0 Å². The van der Waals surface area contributed by atoms with E-state index in [1.807, 2.05) is 0 Å². The third-order valence-corrected chi connectivity index (χ3v) is 4.51. The highest BCUT2D eigenvalue weighted by atomic mass is 15.2. The number of nitrogens with zero attached hydrogens (tertiary/aromatic N) is 3. The second-order valence-corrected chi connectivity index (χ2v) is 6.57. The lowest BCUT2D eigenvalue weighted by molar-refractivity contribution is 0.202. The minimum Gasteiger partial charge on any atom is -0.370 e. The van der Waals surface area contributed by atoms with E-state index in [2.05, 4.69) is 21.7 Å². The lowest BCUT2D eigenvalue weighted by Crippen LogP contribution is -2.39. The Hall–Kier alpha value is -0.770. The largest absolute Gasteiger partial charge is 0.370 e. The van der Waals surface area contributed by atoms with Crippen molar-refractivity contribution in [2.45, 2.75) is 51.9 Å². The molecule has 0 aromatic rings. The van der Waals surface area contributed by atoms with E-state index in [-0.39, 0.29) is 0 Å². The second-order valence-electron chi connectivity index (χ2n) is 6.57. The van der Waals surface area contributed by atoms with Crippen LogP contribution in [0.2, 0.25) is 0 Å². The molecule has 2 aliphatic rings. The zero-order chi connectivity index (χ0) is 14.2. The Morgan fingerprint density at radius 3 is 2.15 bits per heavy atom. The summed E-state index contributed by atoms with van der Waals surface area (Å²) < 4.78 is 0. The van der Waals surface area contributed by atoms with Crippen LogP contribution in [0.15, 0.2) is 4.99 Å². The molecule has 2 fully saturated rings. The van der Waals surface area contributed by atoms with E-state index in [1.54, 1.807) is 0 Å². The summed E-state index contributed by atoms with van der Waals surface area (Å²) in [5, 5.41) is 0. The van der Waals surface area contributed by atoms with Crippen molar-refractivity contribution in [3.63, 3.8) is 0 Å². The highest BCUT2D eigenvalue weighted by molar-refractivity contribution is 5.78. The SMILES string of the molecule is CC(CN=C(N)N1CCCCCC1)CN1CCCCC1. The van der Waals surface area contributed by atoms with Crippen molar-refractivity contribution in [1.29, 1.82) is 0 Å². The Morgan fingerprint density at radius 2 is 1.50 bits per heavy atom. The fourth-order valence-electron chi connectivity index (χ4n) is 3.29. The first-order valence-corrected chi connectivity index (χ1v) is 8.53. The van der Waals surface area contributed by atoms with E-state index < -0.39 is 0 Å². The lowest BCUT2D eigenvalue weighted by Gasteiger charge is -2.28. The average molecular weight is 280 g/mol. The molecule has 0 aliphatic carbocycles. The predicted octanol–water partition coefficient (Wildman–Crippen LogP) is 2.30. The number of likely N-dealkylation sites (tertiary alicyclic amines) is 2. The minimum absolute atomic E-state index is 0.610. The third kappa shape index (κ3) is 5.31. The van der Waals surface area contributed by atoms with E-state index in [9.17, 15) is 0 Å². The van der Waals surface area contributed by atoms with Crippen molar-refractivity contribution in [1.82, 2.24) is 9.80 Å². The van der Waals surface area contributed by atoms with Crippen molar-refractivity contribution in [2.75, 3.05) is 39.3 Å². The molecule has 2 rings (SSSR count). The molecule has 1 unspecified atom stereocenters. The Labute approximate surface area is 124 Å². The summed E-state index contributed by atoms with van der Waals surface area (Å²) in [5.74, 6) is 1.39. The Balaban J connectivity index is 1.72. The van der Waals surface area contributed by atoms with Crippen molar-refractivity contribution >= 4 is 5.96 Å². The Kier molecular flexibility index (Phi) is 6.64. The lowest BCUT2D eigenvalue weighted by atomic mass is 10.1. The van der Waals surface area contributed by atoms with Crippen molar-refractivity contribution in [3.05, 3.63) is 0 Å². The minimum atomic E-state index is 0.610. The number of rotatable bonds is 4. The van der Waals surface area contributed by atoms with Gasteiger partial charge in [-0.15, -0.1) is 0 Å². The molecule has 0 amide bonds. The first-order valence-electron chi connectivity index (χ1n) is 8.53. The number of nitrogens with two attached hydrogens (primary N) is 1. The maximum atomic E-state index is 6.16. The highest BCUT2D eigenvalue weighted by Crippen LogP contribution is 2.12. The molecule has 0 bridgehead atoms. The van der Waals surface area contributed by atoms with Gasteiger partial charge in [-0.2, -0.15) is 0 Å². The predicted molar refractivity (Wildman–Crippen MR) is 86.0 cm³/mol. The molecule has 0 aromatic carbocycles. The van der Waals surface area contributed by atoms with E-state index in [1.165, 1.54) is 64.6 Å². The van der Waals surface area contributed by atoms with Crippen LogP contribution < -0.4 is 5.73 Å². The fraction of sp³-hybridized carbons (Fsp3) is 0.938. The summed E-state index contributed by atoms with van der Waals surface area (Å²) >= 11 is 0. The molecule has 2 saturated heterocycles. The van der Waals surface area contributed by atoms with Crippen LogP contribution >= 0.6 is 0 Å². The summed E-state index contributed by atoms with van der Waals surface area (Å²) in [6.45, 7) is 9.08. The maximum Gasteiger partial charge on any atom is 0.191 e. The summed E-state index contributed by atoms with van der Waals surface area (Å²) in [6, 6.07) is 0. The monoisotopic (exact) mass is 280 g/mol. The van der Waals surface area contributed by atoms with Crippen LogP contribution in [0.25, 0.3) is 0 Å². The van der Waals surface area contributed by atoms with Gasteiger partial charge in [0, 0.05) is 26.2 Å². The van der Waals surface area contributed by atoms with Gasteiger partial charge in [-0.05, 0) is 44.7 Å². The molecule has 0 saturated carbocycles. The number of guanidine groups is 1. The second kappa shape index (κ2) is 8.50. The van der Waals surface area contributed by atoms with E-state index >= 15 is 0 Å². The van der Waals surface area contributed by atoms with Gasteiger partial charge in [-0.25, -0.2) is 0 Å². The molecule has 116 valence electrons. The average Bonchev–Trinajstić information content (AvgIpc) is 2.75. The van der Waals surface area contributed by atoms with Gasteiger partial charge < -0.3 is 15.5 Å². The van der Waals surface area contributed by atoms with Crippen LogP contribution in [0.4, 0.5) is 0 Å². The smallest absolute Gasteiger partial charge is 0.191 e. The number of aliphatic imine (C=N–C) groups is 1. The fourth-order valence-corrected chi connectivity index (χ4v) is 3.29. The summed E-state index contributed by atoms with van der Waals surface area (Å²) in [5.41, 5.74) is 6.16. The Morgan fingerprint density at radius 1 is 0.950 bits per heavy atom. The van der Waals surface area contributed by atoms with Gasteiger partial charge in [0.15, 0.2) is 5.96 Å². The molecule has 0 spiro atoms. The molecule has 20 heavy (non-hydrogen) atoms. The van der Waals surface area contributed by atoms with Gasteiger partial charge in [0.1, 0.15) is 0 Å². The maximum absolute atomic E-state index is 6.16. The topological polar surface area (TPSA) is 44.9 Å². The first kappa shape index (κ1) is 15.6. The van der Waals surface area contributed by atoms with Crippen LogP contribution in [0.3, 0.4) is 0 Å². The number of piperidine rings is 1. The van der Waals surface area contributed by atoms with Gasteiger partial charge in [-0.1, -0.05) is 26.2 Å². The highest BCUT2D eigenvalue weighted by Gasteiger charge is 2.14. The quantitative estimate of drug-likeness (QED) is 0.635. The number of hydrogen-bond donors (Lipinski definition) is 1. The van der Waals surface area contributed by atoms with Gasteiger partial charge in [-0.3, -0.25) is 4.99 Å². The molecule has 2 N–H and O–H groups in total. The van der Waals surface area contributed by atoms with Crippen molar-refractivity contribution < 1.29 is 0 Å². The zero-order valence-corrected chi connectivity index (χ0v) is 13.2. The van der Waals surface area contributed by atoms with Crippen LogP contribution in [-0.2, 0) is 0 Å². The molecule has 2 aliphatic heterocycles. The zero-order valence-electron chi connectivity index (χ0n) is 13.2. The molecule has 1 atom stereocenters.